The highest BCUT2D eigenvalue weighted by atomic mass is 19.4. The van der Waals surface area contributed by atoms with Crippen LogP contribution in [-0.2, 0) is 13.2 Å². The summed E-state index contributed by atoms with van der Waals surface area (Å²) in [5, 5.41) is 10.8. The van der Waals surface area contributed by atoms with Crippen LogP contribution >= 0.6 is 0 Å². The van der Waals surface area contributed by atoms with Crippen LogP contribution in [0.2, 0.25) is 0 Å². The quantitative estimate of drug-likeness (QED) is 0.605. The van der Waals surface area contributed by atoms with Crippen LogP contribution in [-0.4, -0.2) is 46.5 Å². The molecule has 0 bridgehead atoms. The molecule has 2 aromatic rings. The van der Waals surface area contributed by atoms with E-state index < -0.39 is 16.7 Å². The number of nitrogens with zero attached hydrogens (tertiary/aromatic N) is 4. The Balaban J connectivity index is 1.65. The first kappa shape index (κ1) is 18.7. The van der Waals surface area contributed by atoms with Crippen molar-refractivity contribution < 1.29 is 22.9 Å². The number of carbonyl (C=O) groups excluding carboxylic acids is 1. The molecule has 10 heteroatoms. The number of benzene rings is 1. The maximum Gasteiger partial charge on any atom is 0.416 e. The molecular weight excluding hydrogens is 365 g/mol. The second-order valence-corrected chi connectivity index (χ2v) is 6.28. The highest BCUT2D eigenvalue weighted by Crippen LogP contribution is 2.30. The Kier molecular flexibility index (Phi) is 4.81. The second kappa shape index (κ2) is 6.93. The van der Waals surface area contributed by atoms with E-state index in [1.807, 2.05) is 4.90 Å². The number of aromatic nitrogens is 1. The first-order chi connectivity index (χ1) is 12.7. The fourth-order valence-corrected chi connectivity index (χ4v) is 3.05. The third kappa shape index (κ3) is 3.88. The van der Waals surface area contributed by atoms with Crippen molar-refractivity contribution >= 4 is 17.3 Å². The highest BCUT2D eigenvalue weighted by molar-refractivity contribution is 5.93. The van der Waals surface area contributed by atoms with Crippen molar-refractivity contribution in [2.75, 3.05) is 31.1 Å². The summed E-state index contributed by atoms with van der Waals surface area (Å²) in [4.78, 5) is 26.4. The van der Waals surface area contributed by atoms with Crippen molar-refractivity contribution in [1.82, 2.24) is 9.47 Å². The average molecular weight is 382 g/mol. The number of anilines is 1. The third-order valence-corrected chi connectivity index (χ3v) is 4.55. The Morgan fingerprint density at radius 1 is 1.11 bits per heavy atom. The Morgan fingerprint density at radius 3 is 2.19 bits per heavy atom. The van der Waals surface area contributed by atoms with Gasteiger partial charge in [0, 0.05) is 45.0 Å². The molecule has 0 spiro atoms. The zero-order chi connectivity index (χ0) is 19.8. The maximum absolute atomic E-state index is 12.6. The molecule has 0 saturated carbocycles. The lowest BCUT2D eigenvalue weighted by Crippen LogP contribution is -2.49. The van der Waals surface area contributed by atoms with E-state index in [9.17, 15) is 28.1 Å². The summed E-state index contributed by atoms with van der Waals surface area (Å²) >= 11 is 0. The molecule has 1 amide bonds. The molecule has 144 valence electrons. The number of halogens is 3. The van der Waals surface area contributed by atoms with E-state index in [0.29, 0.717) is 31.9 Å². The van der Waals surface area contributed by atoms with Crippen molar-refractivity contribution in [1.29, 1.82) is 0 Å². The molecule has 1 aliphatic rings. The van der Waals surface area contributed by atoms with Gasteiger partial charge in [-0.3, -0.25) is 14.9 Å². The molecule has 0 N–H and O–H groups in total. The zero-order valence-corrected chi connectivity index (χ0v) is 14.4. The number of alkyl halides is 3. The number of nitro groups is 1. The SMILES string of the molecule is Cn1cc([N+](=O)[O-])cc1C(=O)N1CCN(c2ccc(C(F)(F)F)cc2)CC1. The van der Waals surface area contributed by atoms with Crippen LogP contribution in [0, 0.1) is 10.1 Å². The summed E-state index contributed by atoms with van der Waals surface area (Å²) in [6.07, 6.45) is -3.09. The summed E-state index contributed by atoms with van der Waals surface area (Å²) in [6, 6.07) is 6.15. The van der Waals surface area contributed by atoms with Gasteiger partial charge in [0.15, 0.2) is 0 Å². The monoisotopic (exact) mass is 382 g/mol. The smallest absolute Gasteiger partial charge is 0.368 e. The number of carbonyl (C=O) groups is 1. The lowest BCUT2D eigenvalue weighted by Gasteiger charge is -2.36. The zero-order valence-electron chi connectivity index (χ0n) is 14.4. The molecule has 0 radical (unpaired) electrons. The van der Waals surface area contributed by atoms with Crippen molar-refractivity contribution in [3.63, 3.8) is 0 Å². The highest BCUT2D eigenvalue weighted by Gasteiger charge is 2.31. The van der Waals surface area contributed by atoms with Crippen LogP contribution in [0.4, 0.5) is 24.5 Å². The molecule has 1 aromatic carbocycles. The van der Waals surface area contributed by atoms with E-state index >= 15 is 0 Å². The Labute approximate surface area is 152 Å². The fourth-order valence-electron chi connectivity index (χ4n) is 3.05. The number of hydrogen-bond acceptors (Lipinski definition) is 4. The Hall–Kier alpha value is -3.04. The van der Waals surface area contributed by atoms with Gasteiger partial charge in [-0.05, 0) is 24.3 Å². The van der Waals surface area contributed by atoms with Crippen LogP contribution in [0.3, 0.4) is 0 Å². The van der Waals surface area contributed by atoms with E-state index in [1.54, 1.807) is 11.9 Å². The van der Waals surface area contributed by atoms with Crippen molar-refractivity contribution in [2.45, 2.75) is 6.18 Å². The molecule has 7 nitrogen and oxygen atoms in total. The third-order valence-electron chi connectivity index (χ3n) is 4.55. The summed E-state index contributed by atoms with van der Waals surface area (Å²) < 4.78 is 39.4. The Morgan fingerprint density at radius 2 is 1.70 bits per heavy atom. The van der Waals surface area contributed by atoms with E-state index in [2.05, 4.69) is 0 Å². The van der Waals surface area contributed by atoms with Crippen LogP contribution in [0.25, 0.3) is 0 Å². The molecule has 1 aromatic heterocycles. The lowest BCUT2D eigenvalue weighted by atomic mass is 10.1. The van der Waals surface area contributed by atoms with Gasteiger partial charge in [-0.25, -0.2) is 0 Å². The summed E-state index contributed by atoms with van der Waals surface area (Å²) in [7, 11) is 1.57. The van der Waals surface area contributed by atoms with Crippen molar-refractivity contribution in [3.05, 3.63) is 57.9 Å². The van der Waals surface area contributed by atoms with Gasteiger partial charge in [-0.1, -0.05) is 0 Å². The lowest BCUT2D eigenvalue weighted by molar-refractivity contribution is -0.384. The molecule has 3 rings (SSSR count). The van der Waals surface area contributed by atoms with Crippen LogP contribution < -0.4 is 4.90 Å². The van der Waals surface area contributed by atoms with Gasteiger partial charge in [0.1, 0.15) is 5.69 Å². The minimum absolute atomic E-state index is 0.149. The van der Waals surface area contributed by atoms with Gasteiger partial charge in [-0.15, -0.1) is 0 Å². The normalized spacial score (nSPS) is 15.1. The van der Waals surface area contributed by atoms with Crippen LogP contribution in [0.5, 0.6) is 0 Å². The number of hydrogen-bond donors (Lipinski definition) is 0. The Bertz CT molecular complexity index is 853. The van der Waals surface area contributed by atoms with Gasteiger partial charge in [0.05, 0.1) is 16.7 Å². The molecule has 1 saturated heterocycles. The number of piperazine rings is 1. The van der Waals surface area contributed by atoms with E-state index in [-0.39, 0.29) is 17.3 Å². The van der Waals surface area contributed by atoms with Gasteiger partial charge in [0.2, 0.25) is 0 Å². The first-order valence-corrected chi connectivity index (χ1v) is 8.19. The summed E-state index contributed by atoms with van der Waals surface area (Å²) in [5.74, 6) is -0.308. The van der Waals surface area contributed by atoms with Crippen LogP contribution in [0.15, 0.2) is 36.5 Å². The predicted molar refractivity (Wildman–Crippen MR) is 91.6 cm³/mol. The van der Waals surface area contributed by atoms with Gasteiger partial charge in [-0.2, -0.15) is 13.2 Å². The molecule has 0 atom stereocenters. The molecular formula is C17H17F3N4O3. The predicted octanol–water partition coefficient (Wildman–Crippen LogP) is 2.91. The topological polar surface area (TPSA) is 71.6 Å². The van der Waals surface area contributed by atoms with E-state index in [0.717, 1.165) is 12.1 Å². The van der Waals surface area contributed by atoms with Gasteiger partial charge < -0.3 is 14.4 Å². The van der Waals surface area contributed by atoms with Gasteiger partial charge >= 0.3 is 6.18 Å². The first-order valence-electron chi connectivity index (χ1n) is 8.19. The minimum Gasteiger partial charge on any atom is -0.368 e. The number of rotatable bonds is 3. The number of amides is 1. The summed E-state index contributed by atoms with van der Waals surface area (Å²) in [6.45, 7) is 1.67. The van der Waals surface area contributed by atoms with Crippen molar-refractivity contribution in [3.8, 4) is 0 Å². The van der Waals surface area contributed by atoms with Gasteiger partial charge in [0.25, 0.3) is 11.6 Å². The maximum atomic E-state index is 12.6. The van der Waals surface area contributed by atoms with E-state index in [1.165, 1.54) is 29.0 Å². The summed E-state index contributed by atoms with van der Waals surface area (Å²) in [5.41, 5.74) is 0.0314. The van der Waals surface area contributed by atoms with Crippen molar-refractivity contribution in [2.24, 2.45) is 7.05 Å². The minimum atomic E-state index is -4.37. The molecule has 27 heavy (non-hydrogen) atoms. The largest absolute Gasteiger partial charge is 0.416 e. The molecule has 0 unspecified atom stereocenters. The fraction of sp³-hybridized carbons (Fsp3) is 0.353. The van der Waals surface area contributed by atoms with Crippen LogP contribution in [0.1, 0.15) is 16.1 Å². The molecule has 0 aliphatic carbocycles. The number of aryl methyl sites for hydroxylation is 1. The van der Waals surface area contributed by atoms with E-state index in [4.69, 9.17) is 0 Å². The average Bonchev–Trinajstić information content (AvgIpc) is 3.03. The molecule has 2 heterocycles. The molecule has 1 aliphatic heterocycles. The second-order valence-electron chi connectivity index (χ2n) is 6.28. The standard InChI is InChI=1S/C17H17F3N4O3/c1-21-11-14(24(26)27)10-15(21)16(25)23-8-6-22(7-9-23)13-4-2-12(3-5-13)17(18,19)20/h2-5,10-11H,6-9H2,1H3. The molecule has 1 fully saturated rings.